The molecule has 0 saturated heterocycles. The summed E-state index contributed by atoms with van der Waals surface area (Å²) in [4.78, 5) is 2.47. The molecular formula is C14H30N2. The average molecular weight is 226 g/mol. The maximum Gasteiger partial charge on any atom is 0.0108 e. The summed E-state index contributed by atoms with van der Waals surface area (Å²) in [5.74, 6) is 1.84. The van der Waals surface area contributed by atoms with Crippen molar-refractivity contribution in [2.45, 2.75) is 52.5 Å². The quantitative estimate of drug-likeness (QED) is 0.749. The number of nitrogens with zero attached hydrogens (tertiary/aromatic N) is 1. The van der Waals surface area contributed by atoms with E-state index < -0.39 is 0 Å². The molecule has 96 valence electrons. The van der Waals surface area contributed by atoms with Crippen molar-refractivity contribution in [2.75, 3.05) is 26.7 Å². The normalized spacial score (nSPS) is 30.9. The number of nitrogens with one attached hydrogen (secondary N) is 1. The first-order valence-electron chi connectivity index (χ1n) is 7.13. The van der Waals surface area contributed by atoms with Crippen LogP contribution in [0.4, 0.5) is 0 Å². The van der Waals surface area contributed by atoms with Crippen LogP contribution in [0.3, 0.4) is 0 Å². The van der Waals surface area contributed by atoms with Gasteiger partial charge in [0, 0.05) is 12.6 Å². The van der Waals surface area contributed by atoms with Crippen LogP contribution in [-0.2, 0) is 0 Å². The van der Waals surface area contributed by atoms with Crippen molar-refractivity contribution >= 4 is 0 Å². The van der Waals surface area contributed by atoms with Crippen LogP contribution < -0.4 is 5.32 Å². The van der Waals surface area contributed by atoms with Crippen molar-refractivity contribution in [3.8, 4) is 0 Å². The third-order valence-electron chi connectivity index (χ3n) is 4.22. The van der Waals surface area contributed by atoms with Gasteiger partial charge in [0.2, 0.25) is 0 Å². The Kier molecular flexibility index (Phi) is 6.37. The second-order valence-corrected chi connectivity index (χ2v) is 5.37. The van der Waals surface area contributed by atoms with Gasteiger partial charge in [0.25, 0.3) is 0 Å². The summed E-state index contributed by atoms with van der Waals surface area (Å²) < 4.78 is 0. The molecule has 0 bridgehead atoms. The van der Waals surface area contributed by atoms with Gasteiger partial charge in [-0.25, -0.2) is 0 Å². The molecule has 0 amide bonds. The molecule has 1 aliphatic carbocycles. The molecule has 1 fully saturated rings. The summed E-state index contributed by atoms with van der Waals surface area (Å²) in [6.07, 6.45) is 5.61. The Bertz CT molecular complexity index is 180. The highest BCUT2D eigenvalue weighted by Crippen LogP contribution is 2.31. The van der Waals surface area contributed by atoms with Crippen LogP contribution in [0, 0.1) is 11.8 Å². The summed E-state index contributed by atoms with van der Waals surface area (Å²) in [6.45, 7) is 10.4. The molecule has 0 radical (unpaired) electrons. The van der Waals surface area contributed by atoms with Crippen molar-refractivity contribution in [3.05, 3.63) is 0 Å². The van der Waals surface area contributed by atoms with Gasteiger partial charge in [-0.2, -0.15) is 0 Å². The smallest absolute Gasteiger partial charge is 0.0108 e. The van der Waals surface area contributed by atoms with Crippen LogP contribution in [0.25, 0.3) is 0 Å². The highest BCUT2D eigenvalue weighted by molar-refractivity contribution is 4.85. The first-order valence-corrected chi connectivity index (χ1v) is 7.13. The summed E-state index contributed by atoms with van der Waals surface area (Å²) in [7, 11) is 2.25. The molecular weight excluding hydrogens is 196 g/mol. The second kappa shape index (κ2) is 7.29. The lowest BCUT2D eigenvalue weighted by atomic mass is 9.76. The zero-order chi connectivity index (χ0) is 12.0. The van der Waals surface area contributed by atoms with Gasteiger partial charge in [0.1, 0.15) is 0 Å². The lowest BCUT2D eigenvalue weighted by Crippen LogP contribution is -2.45. The van der Waals surface area contributed by atoms with E-state index in [1.165, 1.54) is 38.8 Å². The second-order valence-electron chi connectivity index (χ2n) is 5.37. The Morgan fingerprint density at radius 1 is 1.19 bits per heavy atom. The van der Waals surface area contributed by atoms with E-state index >= 15 is 0 Å². The van der Waals surface area contributed by atoms with Crippen LogP contribution in [0.2, 0.25) is 0 Å². The van der Waals surface area contributed by atoms with Gasteiger partial charge in [0.15, 0.2) is 0 Å². The molecule has 0 aromatic carbocycles. The van der Waals surface area contributed by atoms with Gasteiger partial charge < -0.3 is 10.2 Å². The van der Waals surface area contributed by atoms with Gasteiger partial charge in [0.05, 0.1) is 0 Å². The fourth-order valence-electron chi connectivity index (χ4n) is 2.99. The van der Waals surface area contributed by atoms with E-state index in [9.17, 15) is 0 Å². The molecule has 0 aromatic rings. The topological polar surface area (TPSA) is 15.3 Å². The van der Waals surface area contributed by atoms with Crippen LogP contribution in [0.1, 0.15) is 46.5 Å². The zero-order valence-electron chi connectivity index (χ0n) is 11.6. The highest BCUT2D eigenvalue weighted by atomic mass is 15.1. The molecule has 3 unspecified atom stereocenters. The summed E-state index contributed by atoms with van der Waals surface area (Å²) in [6, 6.07) is 0.766. The van der Waals surface area contributed by atoms with E-state index in [2.05, 4.69) is 38.0 Å². The van der Waals surface area contributed by atoms with Crippen LogP contribution >= 0.6 is 0 Å². The molecule has 0 heterocycles. The Labute approximate surface area is 102 Å². The van der Waals surface area contributed by atoms with E-state index in [1.54, 1.807) is 0 Å². The predicted molar refractivity (Wildman–Crippen MR) is 71.8 cm³/mol. The Morgan fingerprint density at radius 2 is 1.94 bits per heavy atom. The van der Waals surface area contributed by atoms with Crippen molar-refractivity contribution < 1.29 is 0 Å². The molecule has 0 spiro atoms. The van der Waals surface area contributed by atoms with Gasteiger partial charge in [-0.3, -0.25) is 0 Å². The maximum absolute atomic E-state index is 3.68. The minimum absolute atomic E-state index is 0.766. The first-order chi connectivity index (χ1) is 7.71. The molecule has 0 aromatic heterocycles. The highest BCUT2D eigenvalue weighted by Gasteiger charge is 2.29. The van der Waals surface area contributed by atoms with E-state index in [0.717, 1.165) is 24.4 Å². The number of hydrogen-bond donors (Lipinski definition) is 1. The van der Waals surface area contributed by atoms with Crippen LogP contribution in [-0.4, -0.2) is 37.6 Å². The fourth-order valence-corrected chi connectivity index (χ4v) is 2.99. The average Bonchev–Trinajstić information content (AvgIpc) is 2.31. The minimum Gasteiger partial charge on any atom is -0.314 e. The fraction of sp³-hybridized carbons (Fsp3) is 1.00. The molecule has 0 aliphatic heterocycles. The van der Waals surface area contributed by atoms with Gasteiger partial charge in [-0.15, -0.1) is 0 Å². The molecule has 16 heavy (non-hydrogen) atoms. The number of rotatable bonds is 6. The Morgan fingerprint density at radius 3 is 2.50 bits per heavy atom. The van der Waals surface area contributed by atoms with E-state index in [4.69, 9.17) is 0 Å². The standard InChI is InChI=1S/C14H30N2/c1-5-12-8-9-14(15-6-2)13(10-12)11-16(4)7-3/h12-15H,5-11H2,1-4H3. The minimum atomic E-state index is 0.766. The van der Waals surface area contributed by atoms with Crippen molar-refractivity contribution in [3.63, 3.8) is 0 Å². The van der Waals surface area contributed by atoms with Crippen molar-refractivity contribution in [1.82, 2.24) is 10.2 Å². The lowest BCUT2D eigenvalue weighted by molar-refractivity contribution is 0.156. The third kappa shape index (κ3) is 4.06. The molecule has 1 aliphatic rings. The third-order valence-corrected chi connectivity index (χ3v) is 4.22. The van der Waals surface area contributed by atoms with Crippen molar-refractivity contribution in [1.29, 1.82) is 0 Å². The molecule has 2 heteroatoms. The molecule has 1 rings (SSSR count). The predicted octanol–water partition coefficient (Wildman–Crippen LogP) is 2.74. The van der Waals surface area contributed by atoms with Crippen LogP contribution in [0.5, 0.6) is 0 Å². The summed E-state index contributed by atoms with van der Waals surface area (Å²) in [5.41, 5.74) is 0. The first kappa shape index (κ1) is 14.0. The Hall–Kier alpha value is -0.0800. The molecule has 3 atom stereocenters. The largest absolute Gasteiger partial charge is 0.314 e. The molecule has 1 saturated carbocycles. The van der Waals surface area contributed by atoms with Gasteiger partial charge in [-0.05, 0) is 51.2 Å². The van der Waals surface area contributed by atoms with E-state index in [0.29, 0.717) is 0 Å². The molecule has 1 N–H and O–H groups in total. The lowest BCUT2D eigenvalue weighted by Gasteiger charge is -2.38. The van der Waals surface area contributed by atoms with Gasteiger partial charge >= 0.3 is 0 Å². The summed E-state index contributed by atoms with van der Waals surface area (Å²) >= 11 is 0. The molecule has 2 nitrogen and oxygen atoms in total. The van der Waals surface area contributed by atoms with Gasteiger partial charge in [-0.1, -0.05) is 27.2 Å². The maximum atomic E-state index is 3.68. The Balaban J connectivity index is 2.49. The zero-order valence-corrected chi connectivity index (χ0v) is 11.6. The SMILES string of the molecule is CCNC1CCC(CC)CC1CN(C)CC. The number of hydrogen-bond acceptors (Lipinski definition) is 2. The van der Waals surface area contributed by atoms with E-state index in [-0.39, 0.29) is 0 Å². The van der Waals surface area contributed by atoms with Crippen LogP contribution in [0.15, 0.2) is 0 Å². The van der Waals surface area contributed by atoms with E-state index in [1.807, 2.05) is 0 Å². The van der Waals surface area contributed by atoms with Crippen molar-refractivity contribution in [2.24, 2.45) is 11.8 Å². The monoisotopic (exact) mass is 226 g/mol. The summed E-state index contributed by atoms with van der Waals surface area (Å²) in [5, 5.41) is 3.68.